The summed E-state index contributed by atoms with van der Waals surface area (Å²) in [5.74, 6) is 2.71. The van der Waals surface area contributed by atoms with Crippen LogP contribution in [-0.2, 0) is 0 Å². The first kappa shape index (κ1) is 14.2. The Balaban J connectivity index is 1.75. The van der Waals surface area contributed by atoms with Crippen LogP contribution in [0.5, 0.6) is 0 Å². The van der Waals surface area contributed by atoms with Gasteiger partial charge in [0.25, 0.3) is 0 Å². The molecule has 0 spiro atoms. The molecule has 0 aliphatic carbocycles. The van der Waals surface area contributed by atoms with Crippen molar-refractivity contribution in [1.29, 1.82) is 0 Å². The fraction of sp³-hybridized carbons (Fsp3) is 0.353. The van der Waals surface area contributed by atoms with E-state index in [-0.39, 0.29) is 0 Å². The van der Waals surface area contributed by atoms with Crippen molar-refractivity contribution in [3.05, 3.63) is 35.5 Å². The molecule has 0 radical (unpaired) electrons. The molecule has 3 rings (SSSR count). The summed E-state index contributed by atoms with van der Waals surface area (Å²) in [6, 6.07) is 8.33. The van der Waals surface area contributed by atoms with E-state index in [2.05, 4.69) is 21.1 Å². The predicted octanol–water partition coefficient (Wildman–Crippen LogP) is 3.40. The molecule has 0 bridgehead atoms. The number of rotatable bonds is 3. The quantitative estimate of drug-likeness (QED) is 0.881. The van der Waals surface area contributed by atoms with Gasteiger partial charge in [-0.15, -0.1) is 6.42 Å². The van der Waals surface area contributed by atoms with Crippen molar-refractivity contribution >= 4 is 28.2 Å². The molecule has 0 unspecified atom stereocenters. The van der Waals surface area contributed by atoms with Gasteiger partial charge in [-0.1, -0.05) is 17.5 Å². The Kier molecular flexibility index (Phi) is 4.28. The molecule has 2 heterocycles. The van der Waals surface area contributed by atoms with Crippen LogP contribution < -0.4 is 5.32 Å². The first-order valence-corrected chi connectivity index (χ1v) is 7.61. The van der Waals surface area contributed by atoms with Crippen molar-refractivity contribution in [2.45, 2.75) is 18.9 Å². The van der Waals surface area contributed by atoms with Crippen LogP contribution in [0.25, 0.3) is 10.9 Å². The maximum atomic E-state index is 6.23. The molecule has 4 heteroatoms. The molecule has 1 N–H and O–H groups in total. The highest BCUT2D eigenvalue weighted by Gasteiger charge is 2.19. The largest absolute Gasteiger partial charge is 0.380 e. The molecule has 1 aliphatic heterocycles. The Labute approximate surface area is 130 Å². The summed E-state index contributed by atoms with van der Waals surface area (Å²) in [5.41, 5.74) is 2.00. The smallest absolute Gasteiger partial charge is 0.0948 e. The summed E-state index contributed by atoms with van der Waals surface area (Å²) in [6.07, 6.45) is 9.36. The van der Waals surface area contributed by atoms with Crippen LogP contribution >= 0.6 is 11.6 Å². The molecule has 2 aromatic rings. The van der Waals surface area contributed by atoms with Crippen molar-refractivity contribution < 1.29 is 0 Å². The minimum absolute atomic E-state index is 0.463. The summed E-state index contributed by atoms with van der Waals surface area (Å²) >= 11 is 6.23. The standard InChI is InChI=1S/C17H18ClN3/c1-2-10-21-11-7-13(8-12-21)20-16-6-5-15(18)14-4-3-9-19-17(14)16/h1,3-6,9,13,20H,7-8,10-12H2. The molecule has 1 saturated heterocycles. The predicted molar refractivity (Wildman–Crippen MR) is 88.7 cm³/mol. The number of nitrogens with zero attached hydrogens (tertiary/aromatic N) is 2. The lowest BCUT2D eigenvalue weighted by atomic mass is 10.0. The van der Waals surface area contributed by atoms with Crippen LogP contribution in [0.4, 0.5) is 5.69 Å². The third-order valence-electron chi connectivity index (χ3n) is 3.98. The number of hydrogen-bond donors (Lipinski definition) is 1. The molecular weight excluding hydrogens is 282 g/mol. The number of benzene rings is 1. The van der Waals surface area contributed by atoms with E-state index in [9.17, 15) is 0 Å². The Morgan fingerprint density at radius 1 is 1.33 bits per heavy atom. The normalized spacial score (nSPS) is 16.8. The fourth-order valence-electron chi connectivity index (χ4n) is 2.84. The fourth-order valence-corrected chi connectivity index (χ4v) is 3.05. The Morgan fingerprint density at radius 2 is 2.14 bits per heavy atom. The van der Waals surface area contributed by atoms with Crippen molar-refractivity contribution in [3.8, 4) is 12.3 Å². The molecule has 1 aliphatic rings. The highest BCUT2D eigenvalue weighted by molar-refractivity contribution is 6.35. The van der Waals surface area contributed by atoms with Gasteiger partial charge in [0.15, 0.2) is 0 Å². The average Bonchev–Trinajstić information content (AvgIpc) is 2.52. The summed E-state index contributed by atoms with van der Waals surface area (Å²) < 4.78 is 0. The van der Waals surface area contributed by atoms with Crippen LogP contribution in [-0.4, -0.2) is 35.6 Å². The molecular formula is C17H18ClN3. The van der Waals surface area contributed by atoms with Crippen LogP contribution in [0.3, 0.4) is 0 Å². The zero-order chi connectivity index (χ0) is 14.7. The minimum Gasteiger partial charge on any atom is -0.380 e. The monoisotopic (exact) mass is 299 g/mol. The second-order valence-electron chi connectivity index (χ2n) is 5.39. The topological polar surface area (TPSA) is 28.2 Å². The molecule has 0 amide bonds. The van der Waals surface area contributed by atoms with Crippen LogP contribution in [0, 0.1) is 12.3 Å². The van der Waals surface area contributed by atoms with Gasteiger partial charge < -0.3 is 5.32 Å². The molecule has 1 fully saturated rings. The number of nitrogens with one attached hydrogen (secondary N) is 1. The maximum absolute atomic E-state index is 6.23. The molecule has 0 saturated carbocycles. The number of anilines is 1. The van der Waals surface area contributed by atoms with E-state index in [1.807, 2.05) is 24.3 Å². The highest BCUT2D eigenvalue weighted by Crippen LogP contribution is 2.29. The number of likely N-dealkylation sites (tertiary alicyclic amines) is 1. The summed E-state index contributed by atoms with van der Waals surface area (Å²) in [6.45, 7) is 2.83. The minimum atomic E-state index is 0.463. The lowest BCUT2D eigenvalue weighted by Crippen LogP contribution is -2.39. The van der Waals surface area contributed by atoms with Gasteiger partial charge in [0.1, 0.15) is 0 Å². The second kappa shape index (κ2) is 6.34. The second-order valence-corrected chi connectivity index (χ2v) is 5.80. The maximum Gasteiger partial charge on any atom is 0.0948 e. The van der Waals surface area contributed by atoms with E-state index < -0.39 is 0 Å². The van der Waals surface area contributed by atoms with Gasteiger partial charge in [0, 0.05) is 30.7 Å². The Bertz CT molecular complexity index is 669. The number of aromatic nitrogens is 1. The highest BCUT2D eigenvalue weighted by atomic mass is 35.5. The Morgan fingerprint density at radius 3 is 2.90 bits per heavy atom. The van der Waals surface area contributed by atoms with Gasteiger partial charge >= 0.3 is 0 Å². The first-order valence-electron chi connectivity index (χ1n) is 7.23. The van der Waals surface area contributed by atoms with E-state index in [4.69, 9.17) is 18.0 Å². The van der Waals surface area contributed by atoms with E-state index in [1.54, 1.807) is 6.20 Å². The van der Waals surface area contributed by atoms with Crippen LogP contribution in [0.15, 0.2) is 30.5 Å². The van der Waals surface area contributed by atoms with E-state index in [0.29, 0.717) is 6.04 Å². The SMILES string of the molecule is C#CCN1CCC(Nc2ccc(Cl)c3cccnc23)CC1. The summed E-state index contributed by atoms with van der Waals surface area (Å²) in [7, 11) is 0. The lowest BCUT2D eigenvalue weighted by Gasteiger charge is -2.31. The van der Waals surface area contributed by atoms with Gasteiger partial charge in [0.05, 0.1) is 22.8 Å². The number of halogens is 1. The van der Waals surface area contributed by atoms with Gasteiger partial charge in [-0.05, 0) is 37.1 Å². The molecule has 1 aromatic carbocycles. The van der Waals surface area contributed by atoms with Gasteiger partial charge in [-0.3, -0.25) is 9.88 Å². The van der Waals surface area contributed by atoms with Gasteiger partial charge in [-0.2, -0.15) is 0 Å². The van der Waals surface area contributed by atoms with Crippen molar-refractivity contribution in [2.75, 3.05) is 25.0 Å². The lowest BCUT2D eigenvalue weighted by molar-refractivity contribution is 0.243. The van der Waals surface area contributed by atoms with E-state index in [0.717, 1.165) is 54.1 Å². The molecule has 1 aromatic heterocycles. The van der Waals surface area contributed by atoms with Crippen molar-refractivity contribution in [1.82, 2.24) is 9.88 Å². The molecule has 3 nitrogen and oxygen atoms in total. The zero-order valence-corrected chi connectivity index (χ0v) is 12.6. The summed E-state index contributed by atoms with van der Waals surface area (Å²) in [5, 5.41) is 5.35. The third kappa shape index (κ3) is 3.12. The van der Waals surface area contributed by atoms with Crippen LogP contribution in [0.2, 0.25) is 5.02 Å². The number of terminal acetylenes is 1. The zero-order valence-electron chi connectivity index (χ0n) is 11.8. The van der Waals surface area contributed by atoms with Crippen molar-refractivity contribution in [2.24, 2.45) is 0 Å². The van der Waals surface area contributed by atoms with Crippen LogP contribution in [0.1, 0.15) is 12.8 Å². The van der Waals surface area contributed by atoms with Crippen molar-refractivity contribution in [3.63, 3.8) is 0 Å². The number of fused-ring (bicyclic) bond motifs is 1. The molecule has 0 atom stereocenters. The molecule has 108 valence electrons. The first-order chi connectivity index (χ1) is 10.3. The van der Waals surface area contributed by atoms with Gasteiger partial charge in [0.2, 0.25) is 0 Å². The molecule has 21 heavy (non-hydrogen) atoms. The number of pyridine rings is 1. The Hall–Kier alpha value is -1.76. The van der Waals surface area contributed by atoms with E-state index >= 15 is 0 Å². The summed E-state index contributed by atoms with van der Waals surface area (Å²) in [4.78, 5) is 6.78. The number of piperidine rings is 1. The van der Waals surface area contributed by atoms with Gasteiger partial charge in [-0.25, -0.2) is 0 Å². The number of hydrogen-bond acceptors (Lipinski definition) is 3. The third-order valence-corrected chi connectivity index (χ3v) is 4.31. The average molecular weight is 300 g/mol. The van der Waals surface area contributed by atoms with E-state index in [1.165, 1.54) is 0 Å².